The summed E-state index contributed by atoms with van der Waals surface area (Å²) in [5.41, 5.74) is 0.479. The molecule has 0 unspecified atom stereocenters. The molecule has 2 aromatic heterocycles. The van der Waals surface area contributed by atoms with Crippen molar-refractivity contribution in [2.75, 3.05) is 5.32 Å². The van der Waals surface area contributed by atoms with E-state index in [1.165, 1.54) is 12.1 Å². The zero-order valence-electron chi connectivity index (χ0n) is 12.5. The van der Waals surface area contributed by atoms with Crippen LogP contribution in [0.5, 0.6) is 0 Å². The first kappa shape index (κ1) is 16.2. The van der Waals surface area contributed by atoms with E-state index in [-0.39, 0.29) is 16.7 Å². The second-order valence-corrected chi connectivity index (χ2v) is 7.27. The monoisotopic (exact) mass is 377 g/mol. The molecule has 2 aromatic carbocycles. The summed E-state index contributed by atoms with van der Waals surface area (Å²) in [4.78, 5) is 8.63. The number of benzene rings is 2. The van der Waals surface area contributed by atoms with Crippen LogP contribution in [-0.2, 0) is 0 Å². The molecule has 0 aliphatic heterocycles. The molecule has 0 fully saturated rings. The largest absolute Gasteiger partial charge is 0.446 e. The van der Waals surface area contributed by atoms with Crippen LogP contribution in [0.3, 0.4) is 0 Å². The van der Waals surface area contributed by atoms with Gasteiger partial charge in [-0.25, -0.2) is 4.98 Å². The first-order valence-corrected chi connectivity index (χ1v) is 8.92. The molecular formula is C17H10F3N3S2. The summed E-state index contributed by atoms with van der Waals surface area (Å²) >= 11 is 1.42. The SMILES string of the molecule is FC(F)(F)Sc1ccc2nccc(Nc3ccc4scnc4c3)c2c1. The fourth-order valence-electron chi connectivity index (χ4n) is 2.52. The van der Waals surface area contributed by atoms with Crippen LogP contribution in [0, 0.1) is 0 Å². The molecule has 0 aliphatic rings. The van der Waals surface area contributed by atoms with Gasteiger partial charge in [0.25, 0.3) is 0 Å². The number of nitrogens with one attached hydrogen (secondary N) is 1. The zero-order valence-corrected chi connectivity index (χ0v) is 14.2. The van der Waals surface area contributed by atoms with E-state index in [1.807, 2.05) is 18.2 Å². The molecule has 0 saturated carbocycles. The highest BCUT2D eigenvalue weighted by Crippen LogP contribution is 2.39. The van der Waals surface area contributed by atoms with Crippen molar-refractivity contribution in [1.29, 1.82) is 0 Å². The Morgan fingerprint density at radius 2 is 1.84 bits per heavy atom. The molecule has 4 aromatic rings. The number of fused-ring (bicyclic) bond motifs is 2. The van der Waals surface area contributed by atoms with E-state index >= 15 is 0 Å². The average Bonchev–Trinajstić information content (AvgIpc) is 3.01. The topological polar surface area (TPSA) is 37.8 Å². The Labute approximate surface area is 148 Å². The van der Waals surface area contributed by atoms with Crippen LogP contribution in [-0.4, -0.2) is 15.5 Å². The van der Waals surface area contributed by atoms with Gasteiger partial charge in [-0.2, -0.15) is 13.2 Å². The molecule has 0 bridgehead atoms. The summed E-state index contributed by atoms with van der Waals surface area (Å²) in [6.45, 7) is 0. The molecular weight excluding hydrogens is 367 g/mol. The number of hydrogen-bond donors (Lipinski definition) is 1. The normalized spacial score (nSPS) is 12.0. The molecule has 0 atom stereocenters. The number of anilines is 2. The zero-order chi connectivity index (χ0) is 17.4. The van der Waals surface area contributed by atoms with Gasteiger partial charge in [0.2, 0.25) is 0 Å². The van der Waals surface area contributed by atoms with Crippen molar-refractivity contribution in [2.24, 2.45) is 0 Å². The Kier molecular flexibility index (Phi) is 4.01. The molecule has 4 rings (SSSR count). The molecule has 25 heavy (non-hydrogen) atoms. The quantitative estimate of drug-likeness (QED) is 0.431. The van der Waals surface area contributed by atoms with Crippen LogP contribution < -0.4 is 5.32 Å². The molecule has 0 spiro atoms. The standard InChI is InChI=1S/C17H10F3N3S2/c18-17(19,20)25-11-2-3-13-12(8-11)14(5-6-21-13)23-10-1-4-16-15(7-10)22-9-24-16/h1-9H,(H,21,23). The third kappa shape index (κ3) is 3.54. The van der Waals surface area contributed by atoms with Crippen LogP contribution in [0.15, 0.2) is 59.1 Å². The molecule has 0 radical (unpaired) electrons. The van der Waals surface area contributed by atoms with Crippen molar-refractivity contribution in [3.63, 3.8) is 0 Å². The minimum absolute atomic E-state index is 0.131. The minimum Gasteiger partial charge on any atom is -0.355 e. The molecule has 0 saturated heterocycles. The van der Waals surface area contributed by atoms with E-state index in [2.05, 4.69) is 15.3 Å². The second kappa shape index (κ2) is 6.20. The predicted octanol–water partition coefficient (Wildman–Crippen LogP) is 6.20. The smallest absolute Gasteiger partial charge is 0.355 e. The average molecular weight is 377 g/mol. The molecule has 3 nitrogen and oxygen atoms in total. The number of nitrogens with zero attached hydrogens (tertiary/aromatic N) is 2. The summed E-state index contributed by atoms with van der Waals surface area (Å²) in [7, 11) is 0. The maximum atomic E-state index is 12.6. The number of thioether (sulfide) groups is 1. The molecule has 0 aliphatic carbocycles. The van der Waals surface area contributed by atoms with Gasteiger partial charge >= 0.3 is 5.51 Å². The maximum absolute atomic E-state index is 12.6. The lowest BCUT2D eigenvalue weighted by molar-refractivity contribution is -0.0328. The van der Waals surface area contributed by atoms with E-state index in [4.69, 9.17) is 0 Å². The number of alkyl halides is 3. The van der Waals surface area contributed by atoms with Crippen LogP contribution >= 0.6 is 23.1 Å². The van der Waals surface area contributed by atoms with Crippen LogP contribution in [0.2, 0.25) is 0 Å². The number of aromatic nitrogens is 2. The number of pyridine rings is 1. The summed E-state index contributed by atoms with van der Waals surface area (Å²) in [5, 5.41) is 3.89. The number of rotatable bonds is 3. The maximum Gasteiger partial charge on any atom is 0.446 e. The van der Waals surface area contributed by atoms with Gasteiger partial charge in [0, 0.05) is 27.9 Å². The Balaban J connectivity index is 1.73. The van der Waals surface area contributed by atoms with Crippen LogP contribution in [0.25, 0.3) is 21.1 Å². The Morgan fingerprint density at radius 3 is 2.68 bits per heavy atom. The Bertz CT molecular complexity index is 1060. The third-order valence-electron chi connectivity index (χ3n) is 3.56. The highest BCUT2D eigenvalue weighted by molar-refractivity contribution is 8.00. The van der Waals surface area contributed by atoms with E-state index in [9.17, 15) is 13.2 Å². The predicted molar refractivity (Wildman–Crippen MR) is 96.6 cm³/mol. The summed E-state index contributed by atoms with van der Waals surface area (Å²) < 4.78 is 39.0. The van der Waals surface area contributed by atoms with E-state index < -0.39 is 5.51 Å². The highest BCUT2D eigenvalue weighted by atomic mass is 32.2. The van der Waals surface area contributed by atoms with Gasteiger partial charge in [-0.15, -0.1) is 11.3 Å². The highest BCUT2D eigenvalue weighted by Gasteiger charge is 2.29. The van der Waals surface area contributed by atoms with Gasteiger partial charge in [-0.05, 0) is 54.2 Å². The summed E-state index contributed by atoms with van der Waals surface area (Å²) in [6, 6.07) is 12.1. The number of halogens is 3. The van der Waals surface area contributed by atoms with Crippen molar-refractivity contribution >= 4 is 55.6 Å². The first-order valence-electron chi connectivity index (χ1n) is 7.23. The number of thiazole rings is 1. The van der Waals surface area contributed by atoms with E-state index in [0.29, 0.717) is 16.6 Å². The van der Waals surface area contributed by atoms with Crippen molar-refractivity contribution in [2.45, 2.75) is 10.4 Å². The fraction of sp³-hybridized carbons (Fsp3) is 0.0588. The van der Waals surface area contributed by atoms with Crippen molar-refractivity contribution in [3.05, 3.63) is 54.2 Å². The molecule has 2 heterocycles. The fourth-order valence-corrected chi connectivity index (χ4v) is 3.76. The third-order valence-corrected chi connectivity index (χ3v) is 5.09. The lowest BCUT2D eigenvalue weighted by Gasteiger charge is -2.11. The van der Waals surface area contributed by atoms with Crippen molar-refractivity contribution in [1.82, 2.24) is 9.97 Å². The van der Waals surface area contributed by atoms with Crippen LogP contribution in [0.4, 0.5) is 24.5 Å². The van der Waals surface area contributed by atoms with Gasteiger partial charge in [0.1, 0.15) is 0 Å². The van der Waals surface area contributed by atoms with Crippen molar-refractivity contribution in [3.8, 4) is 0 Å². The van der Waals surface area contributed by atoms with E-state index in [1.54, 1.807) is 35.2 Å². The minimum atomic E-state index is -4.32. The Morgan fingerprint density at radius 1 is 0.960 bits per heavy atom. The van der Waals surface area contributed by atoms with Gasteiger partial charge in [-0.1, -0.05) is 0 Å². The van der Waals surface area contributed by atoms with Crippen molar-refractivity contribution < 1.29 is 13.2 Å². The summed E-state index contributed by atoms with van der Waals surface area (Å²) in [6.07, 6.45) is 1.63. The lowest BCUT2D eigenvalue weighted by atomic mass is 10.2. The lowest BCUT2D eigenvalue weighted by Crippen LogP contribution is -1.99. The Hall–Kier alpha value is -2.32. The molecule has 0 amide bonds. The van der Waals surface area contributed by atoms with Gasteiger partial charge < -0.3 is 5.32 Å². The molecule has 1 N–H and O–H groups in total. The number of hydrogen-bond acceptors (Lipinski definition) is 5. The molecule has 126 valence electrons. The van der Waals surface area contributed by atoms with E-state index in [0.717, 1.165) is 15.9 Å². The second-order valence-electron chi connectivity index (χ2n) is 5.25. The van der Waals surface area contributed by atoms with Crippen LogP contribution in [0.1, 0.15) is 0 Å². The first-order chi connectivity index (χ1) is 12.0. The van der Waals surface area contributed by atoms with Gasteiger partial charge in [0.05, 0.1) is 21.2 Å². The molecule has 8 heteroatoms. The van der Waals surface area contributed by atoms with Gasteiger partial charge in [0.15, 0.2) is 0 Å². The van der Waals surface area contributed by atoms with Gasteiger partial charge in [-0.3, -0.25) is 4.98 Å². The summed E-state index contributed by atoms with van der Waals surface area (Å²) in [5.74, 6) is 0.